The number of carbonyl (C=O) groups excluding carboxylic acids is 2. The minimum atomic E-state index is -0.900. The van der Waals surface area contributed by atoms with Gasteiger partial charge in [0.2, 0.25) is 17.8 Å². The van der Waals surface area contributed by atoms with Gasteiger partial charge in [-0.15, -0.1) is 5.10 Å². The van der Waals surface area contributed by atoms with Crippen LogP contribution in [-0.4, -0.2) is 32.5 Å². The fourth-order valence-electron chi connectivity index (χ4n) is 3.37. The molecule has 8 heteroatoms. The number of amides is 2. The van der Waals surface area contributed by atoms with Crippen LogP contribution in [-0.2, 0) is 16.0 Å². The molecule has 1 saturated carbocycles. The van der Waals surface area contributed by atoms with Crippen LogP contribution in [0.5, 0.6) is 0 Å². The molecule has 0 saturated heterocycles. The van der Waals surface area contributed by atoms with Crippen LogP contribution < -0.4 is 16.4 Å². The zero-order valence-corrected chi connectivity index (χ0v) is 14.8. The van der Waals surface area contributed by atoms with Crippen molar-refractivity contribution in [3.63, 3.8) is 0 Å². The van der Waals surface area contributed by atoms with Crippen LogP contribution in [0, 0.1) is 6.92 Å². The lowest BCUT2D eigenvalue weighted by Gasteiger charge is -2.36. The van der Waals surface area contributed by atoms with Gasteiger partial charge in [0.1, 0.15) is 11.4 Å². The topological polar surface area (TPSA) is 126 Å². The first-order valence-electron chi connectivity index (χ1n) is 8.83. The first kappa shape index (κ1) is 17.9. The van der Waals surface area contributed by atoms with Gasteiger partial charge in [-0.3, -0.25) is 14.7 Å². The Hall–Kier alpha value is -2.90. The van der Waals surface area contributed by atoms with Crippen molar-refractivity contribution in [1.29, 1.82) is 0 Å². The van der Waals surface area contributed by atoms with E-state index in [0.29, 0.717) is 18.7 Å². The normalized spacial score (nSPS) is 16.0. The van der Waals surface area contributed by atoms with E-state index in [9.17, 15) is 9.59 Å². The van der Waals surface area contributed by atoms with Crippen molar-refractivity contribution in [2.75, 3.05) is 11.1 Å². The number of rotatable bonds is 5. The minimum absolute atomic E-state index is 0.00357. The van der Waals surface area contributed by atoms with Crippen molar-refractivity contribution in [3.8, 4) is 0 Å². The van der Waals surface area contributed by atoms with Gasteiger partial charge in [0.05, 0.1) is 6.42 Å². The monoisotopic (exact) mass is 356 g/mol. The molecule has 8 nitrogen and oxygen atoms in total. The number of aromatic nitrogens is 3. The molecule has 0 atom stereocenters. The first-order valence-corrected chi connectivity index (χ1v) is 8.83. The third-order valence-corrected chi connectivity index (χ3v) is 4.79. The number of H-pyrrole nitrogens is 1. The summed E-state index contributed by atoms with van der Waals surface area (Å²) in [6, 6.07) is 7.61. The number of hydrogen-bond acceptors (Lipinski definition) is 5. The highest BCUT2D eigenvalue weighted by Crippen LogP contribution is 2.30. The second-order valence-corrected chi connectivity index (χ2v) is 6.78. The molecule has 2 amide bonds. The number of hydrogen-bond donors (Lipinski definition) is 4. The standard InChI is InChI=1S/C18H24N6O2/c1-12-7-3-4-8-13(12)20-16(26)18(9-5-2-6-10-18)22-15(25)11-14-21-17(19)24-23-14/h3-4,7-8H,2,5-6,9-11H2,1H3,(H,20,26)(H,22,25)(H3,19,21,23,24). The fourth-order valence-corrected chi connectivity index (χ4v) is 3.37. The molecule has 1 aromatic heterocycles. The van der Waals surface area contributed by atoms with Gasteiger partial charge in [0, 0.05) is 5.69 Å². The van der Waals surface area contributed by atoms with Crippen LogP contribution in [0.2, 0.25) is 0 Å². The second kappa shape index (κ2) is 7.55. The van der Waals surface area contributed by atoms with Crippen LogP contribution in [0.25, 0.3) is 0 Å². The van der Waals surface area contributed by atoms with Gasteiger partial charge in [-0.1, -0.05) is 37.5 Å². The van der Waals surface area contributed by atoms with Crippen LogP contribution in [0.1, 0.15) is 43.5 Å². The van der Waals surface area contributed by atoms with E-state index in [-0.39, 0.29) is 24.2 Å². The Balaban J connectivity index is 1.74. The average Bonchev–Trinajstić information content (AvgIpc) is 3.02. The predicted octanol–water partition coefficient (Wildman–Crippen LogP) is 1.70. The lowest BCUT2D eigenvalue weighted by Crippen LogP contribution is -2.58. The van der Waals surface area contributed by atoms with Gasteiger partial charge in [-0.25, -0.2) is 0 Å². The highest BCUT2D eigenvalue weighted by Gasteiger charge is 2.41. The Morgan fingerprint density at radius 2 is 1.96 bits per heavy atom. The van der Waals surface area contributed by atoms with Crippen LogP contribution in [0.3, 0.4) is 0 Å². The molecule has 26 heavy (non-hydrogen) atoms. The highest BCUT2D eigenvalue weighted by molar-refractivity contribution is 6.01. The highest BCUT2D eigenvalue weighted by atomic mass is 16.2. The number of nitrogens with one attached hydrogen (secondary N) is 3. The van der Waals surface area contributed by atoms with Gasteiger partial charge in [0.25, 0.3) is 0 Å². The number of nitrogen functional groups attached to an aromatic ring is 1. The van der Waals surface area contributed by atoms with Crippen molar-refractivity contribution in [1.82, 2.24) is 20.5 Å². The summed E-state index contributed by atoms with van der Waals surface area (Å²) in [5.41, 5.74) is 6.31. The summed E-state index contributed by atoms with van der Waals surface area (Å²) in [6.07, 6.45) is 4.11. The maximum atomic E-state index is 13.1. The molecule has 1 aromatic carbocycles. The lowest BCUT2D eigenvalue weighted by atomic mass is 9.80. The first-order chi connectivity index (χ1) is 12.5. The van der Waals surface area contributed by atoms with Crippen molar-refractivity contribution in [2.45, 2.75) is 51.0 Å². The zero-order valence-electron chi connectivity index (χ0n) is 14.8. The van der Waals surface area contributed by atoms with Crippen LogP contribution in [0.15, 0.2) is 24.3 Å². The average molecular weight is 356 g/mol. The van der Waals surface area contributed by atoms with Crippen molar-refractivity contribution >= 4 is 23.5 Å². The molecule has 0 aliphatic heterocycles. The molecule has 5 N–H and O–H groups in total. The number of anilines is 2. The van der Waals surface area contributed by atoms with Gasteiger partial charge in [0.15, 0.2) is 0 Å². The number of aryl methyl sites for hydroxylation is 1. The Morgan fingerprint density at radius 1 is 1.23 bits per heavy atom. The SMILES string of the molecule is Cc1ccccc1NC(=O)C1(NC(=O)Cc2nc(N)n[nH]2)CCCCC1. The van der Waals surface area contributed by atoms with E-state index in [2.05, 4.69) is 25.8 Å². The number of para-hydroxylation sites is 1. The van der Waals surface area contributed by atoms with E-state index in [1.54, 1.807) is 0 Å². The van der Waals surface area contributed by atoms with E-state index >= 15 is 0 Å². The van der Waals surface area contributed by atoms with E-state index in [1.165, 1.54) is 0 Å². The summed E-state index contributed by atoms with van der Waals surface area (Å²) in [7, 11) is 0. The molecule has 0 unspecified atom stereocenters. The molecule has 138 valence electrons. The molecule has 0 bridgehead atoms. The summed E-state index contributed by atoms with van der Waals surface area (Å²) in [5, 5.41) is 12.3. The zero-order chi connectivity index (χ0) is 18.6. The Kier molecular flexibility index (Phi) is 5.20. The molecule has 2 aromatic rings. The number of nitrogens with zero attached hydrogens (tertiary/aromatic N) is 2. The quantitative estimate of drug-likeness (QED) is 0.649. The maximum absolute atomic E-state index is 13.1. The van der Waals surface area contributed by atoms with Crippen molar-refractivity contribution in [3.05, 3.63) is 35.7 Å². The Morgan fingerprint density at radius 3 is 2.62 bits per heavy atom. The van der Waals surface area contributed by atoms with Crippen molar-refractivity contribution in [2.24, 2.45) is 0 Å². The van der Waals surface area contributed by atoms with E-state index in [4.69, 9.17) is 5.73 Å². The third kappa shape index (κ3) is 4.01. The number of nitrogens with two attached hydrogens (primary N) is 1. The van der Waals surface area contributed by atoms with Gasteiger partial charge in [-0.05, 0) is 31.4 Å². The van der Waals surface area contributed by atoms with E-state index in [0.717, 1.165) is 30.5 Å². The molecule has 1 fully saturated rings. The molecular weight excluding hydrogens is 332 g/mol. The Labute approximate surface area is 152 Å². The Bertz CT molecular complexity index is 794. The molecule has 1 heterocycles. The summed E-state index contributed by atoms with van der Waals surface area (Å²) < 4.78 is 0. The van der Waals surface area contributed by atoms with Crippen LogP contribution in [0.4, 0.5) is 11.6 Å². The number of aromatic amines is 1. The third-order valence-electron chi connectivity index (χ3n) is 4.79. The van der Waals surface area contributed by atoms with E-state index in [1.807, 2.05) is 31.2 Å². The van der Waals surface area contributed by atoms with Gasteiger partial charge >= 0.3 is 0 Å². The molecule has 1 aliphatic carbocycles. The molecule has 3 rings (SSSR count). The second-order valence-electron chi connectivity index (χ2n) is 6.78. The molecule has 0 radical (unpaired) electrons. The van der Waals surface area contributed by atoms with Crippen molar-refractivity contribution < 1.29 is 9.59 Å². The van der Waals surface area contributed by atoms with Gasteiger partial charge in [-0.2, -0.15) is 4.98 Å². The van der Waals surface area contributed by atoms with Gasteiger partial charge < -0.3 is 16.4 Å². The predicted molar refractivity (Wildman–Crippen MR) is 98.3 cm³/mol. The molecule has 1 aliphatic rings. The lowest BCUT2D eigenvalue weighted by molar-refractivity contribution is -0.131. The summed E-state index contributed by atoms with van der Waals surface area (Å²) in [6.45, 7) is 1.94. The van der Waals surface area contributed by atoms with Crippen LogP contribution >= 0.6 is 0 Å². The van der Waals surface area contributed by atoms with E-state index < -0.39 is 5.54 Å². The number of carbonyl (C=O) groups is 2. The fraction of sp³-hybridized carbons (Fsp3) is 0.444. The molecular formula is C18H24N6O2. The smallest absolute Gasteiger partial charge is 0.250 e. The summed E-state index contributed by atoms with van der Waals surface area (Å²) in [5.74, 6) is 0.0302. The summed E-state index contributed by atoms with van der Waals surface area (Å²) in [4.78, 5) is 29.5. The number of benzene rings is 1. The molecule has 0 spiro atoms. The summed E-state index contributed by atoms with van der Waals surface area (Å²) >= 11 is 0. The maximum Gasteiger partial charge on any atom is 0.250 e. The minimum Gasteiger partial charge on any atom is -0.367 e. The largest absolute Gasteiger partial charge is 0.367 e.